The van der Waals surface area contributed by atoms with Gasteiger partial charge in [0.2, 0.25) is 11.8 Å². The first-order chi connectivity index (χ1) is 10.1. The maximum absolute atomic E-state index is 12.4. The van der Waals surface area contributed by atoms with Crippen molar-refractivity contribution in [1.82, 2.24) is 10.2 Å². The van der Waals surface area contributed by atoms with Crippen LogP contribution < -0.4 is 5.32 Å². The van der Waals surface area contributed by atoms with Crippen LogP contribution >= 0.6 is 0 Å². The van der Waals surface area contributed by atoms with Crippen molar-refractivity contribution in [3.8, 4) is 0 Å². The van der Waals surface area contributed by atoms with Gasteiger partial charge in [0.25, 0.3) is 0 Å². The molecule has 2 aliphatic heterocycles. The summed E-state index contributed by atoms with van der Waals surface area (Å²) in [4.78, 5) is 36.5. The number of benzene rings is 1. The summed E-state index contributed by atoms with van der Waals surface area (Å²) in [6.45, 7) is 0.893. The zero-order valence-electron chi connectivity index (χ0n) is 11.5. The molecule has 0 radical (unpaired) electrons. The number of hydrogen-bond donors (Lipinski definition) is 2. The molecule has 21 heavy (non-hydrogen) atoms. The van der Waals surface area contributed by atoms with Gasteiger partial charge in [-0.25, -0.2) is 4.79 Å². The van der Waals surface area contributed by atoms with Crippen LogP contribution in [0.5, 0.6) is 0 Å². The summed E-state index contributed by atoms with van der Waals surface area (Å²) < 4.78 is 0. The third kappa shape index (κ3) is 2.49. The van der Waals surface area contributed by atoms with Crippen LogP contribution in [0, 0.1) is 0 Å². The van der Waals surface area contributed by atoms with Gasteiger partial charge in [-0.05, 0) is 30.0 Å². The number of amides is 2. The molecule has 0 aliphatic carbocycles. The summed E-state index contributed by atoms with van der Waals surface area (Å²) in [7, 11) is 0. The Morgan fingerprint density at radius 1 is 1.29 bits per heavy atom. The number of nitrogens with one attached hydrogen (secondary N) is 1. The Kier molecular flexibility index (Phi) is 3.37. The van der Waals surface area contributed by atoms with Crippen LogP contribution in [0.2, 0.25) is 0 Å². The lowest BCUT2D eigenvalue weighted by Crippen LogP contribution is -2.46. The van der Waals surface area contributed by atoms with E-state index in [2.05, 4.69) is 5.32 Å². The van der Waals surface area contributed by atoms with Crippen molar-refractivity contribution < 1.29 is 19.5 Å². The predicted octanol–water partition coefficient (Wildman–Crippen LogP) is 0.548. The van der Waals surface area contributed by atoms with Crippen molar-refractivity contribution in [2.24, 2.45) is 0 Å². The molecule has 1 atom stereocenters. The highest BCUT2D eigenvalue weighted by Gasteiger charge is 2.32. The molecule has 6 nitrogen and oxygen atoms in total. The highest BCUT2D eigenvalue weighted by Crippen LogP contribution is 2.24. The molecule has 6 heteroatoms. The van der Waals surface area contributed by atoms with Gasteiger partial charge in [-0.15, -0.1) is 0 Å². The molecule has 3 rings (SSSR count). The van der Waals surface area contributed by atoms with Crippen molar-refractivity contribution in [3.63, 3.8) is 0 Å². The van der Waals surface area contributed by atoms with Gasteiger partial charge < -0.3 is 15.3 Å². The predicted molar refractivity (Wildman–Crippen MR) is 73.7 cm³/mol. The molecule has 2 amide bonds. The van der Waals surface area contributed by atoms with Crippen LogP contribution in [-0.2, 0) is 22.6 Å². The van der Waals surface area contributed by atoms with E-state index in [0.29, 0.717) is 37.9 Å². The first-order valence-electron chi connectivity index (χ1n) is 6.98. The van der Waals surface area contributed by atoms with E-state index in [1.165, 1.54) is 0 Å². The number of rotatable bonds is 2. The first kappa shape index (κ1) is 13.6. The molecule has 2 heterocycles. The van der Waals surface area contributed by atoms with E-state index in [1.54, 1.807) is 17.0 Å². The molecule has 1 aromatic rings. The Bertz CT molecular complexity index is 626. The van der Waals surface area contributed by atoms with Crippen LogP contribution in [0.4, 0.5) is 0 Å². The van der Waals surface area contributed by atoms with Crippen LogP contribution in [0.1, 0.15) is 34.3 Å². The van der Waals surface area contributed by atoms with Crippen molar-refractivity contribution >= 4 is 17.8 Å². The average molecular weight is 288 g/mol. The number of carboxylic acid groups (broad SMARTS) is 1. The second-order valence-corrected chi connectivity index (χ2v) is 5.42. The fourth-order valence-electron chi connectivity index (χ4n) is 3.02. The fourth-order valence-corrected chi connectivity index (χ4v) is 3.02. The molecule has 0 saturated carbocycles. The highest BCUT2D eigenvalue weighted by atomic mass is 16.4. The number of hydrogen-bond acceptors (Lipinski definition) is 3. The molecule has 2 N–H and O–H groups in total. The SMILES string of the molecule is O=C1CC[C@H](C(=O)N2CCc3c(cccc3C(=O)O)C2)N1. The summed E-state index contributed by atoms with van der Waals surface area (Å²) >= 11 is 0. The third-order valence-electron chi connectivity index (χ3n) is 4.10. The van der Waals surface area contributed by atoms with Crippen LogP contribution in [-0.4, -0.2) is 40.4 Å². The van der Waals surface area contributed by atoms with Crippen molar-refractivity contribution in [1.29, 1.82) is 0 Å². The minimum atomic E-state index is -0.935. The minimum absolute atomic E-state index is 0.0766. The largest absolute Gasteiger partial charge is 0.478 e. The molecule has 2 aliphatic rings. The van der Waals surface area contributed by atoms with Gasteiger partial charge in [-0.2, -0.15) is 0 Å². The van der Waals surface area contributed by atoms with E-state index >= 15 is 0 Å². The monoisotopic (exact) mass is 288 g/mol. The summed E-state index contributed by atoms with van der Waals surface area (Å²) in [6, 6.07) is 4.72. The minimum Gasteiger partial charge on any atom is -0.478 e. The van der Waals surface area contributed by atoms with Gasteiger partial charge >= 0.3 is 5.97 Å². The van der Waals surface area contributed by atoms with E-state index in [9.17, 15) is 19.5 Å². The van der Waals surface area contributed by atoms with E-state index in [-0.39, 0.29) is 11.8 Å². The van der Waals surface area contributed by atoms with Gasteiger partial charge in [-0.1, -0.05) is 12.1 Å². The number of fused-ring (bicyclic) bond motifs is 1. The number of carbonyl (C=O) groups is 3. The van der Waals surface area contributed by atoms with E-state index in [0.717, 1.165) is 11.1 Å². The zero-order chi connectivity index (χ0) is 15.0. The molecular weight excluding hydrogens is 272 g/mol. The average Bonchev–Trinajstić information content (AvgIpc) is 2.91. The van der Waals surface area contributed by atoms with Gasteiger partial charge in [0, 0.05) is 19.5 Å². The Balaban J connectivity index is 1.79. The standard InChI is InChI=1S/C15H16N2O4/c18-13-5-4-12(16-13)14(19)17-7-6-10-9(8-17)2-1-3-11(10)15(20)21/h1-3,12H,4-8H2,(H,16,18)(H,20,21)/t12-/m1/s1. The number of nitrogens with zero attached hydrogens (tertiary/aromatic N) is 1. The molecule has 110 valence electrons. The Hall–Kier alpha value is -2.37. The summed E-state index contributed by atoms with van der Waals surface area (Å²) in [5.41, 5.74) is 2.00. The van der Waals surface area contributed by atoms with Crippen LogP contribution in [0.15, 0.2) is 18.2 Å². The quantitative estimate of drug-likeness (QED) is 0.832. The molecule has 0 bridgehead atoms. The normalized spacial score (nSPS) is 20.9. The highest BCUT2D eigenvalue weighted by molar-refractivity contribution is 5.92. The molecule has 1 saturated heterocycles. The number of carbonyl (C=O) groups excluding carboxylic acids is 2. The molecule has 0 unspecified atom stereocenters. The van der Waals surface area contributed by atoms with E-state index < -0.39 is 12.0 Å². The van der Waals surface area contributed by atoms with Gasteiger partial charge in [0.1, 0.15) is 6.04 Å². The molecule has 1 fully saturated rings. The van der Waals surface area contributed by atoms with Gasteiger partial charge in [0.15, 0.2) is 0 Å². The molecule has 0 aromatic heterocycles. The maximum Gasteiger partial charge on any atom is 0.335 e. The maximum atomic E-state index is 12.4. The summed E-state index contributed by atoms with van der Waals surface area (Å²) in [6.07, 6.45) is 1.46. The zero-order valence-corrected chi connectivity index (χ0v) is 11.5. The van der Waals surface area contributed by atoms with Crippen molar-refractivity contribution in [2.45, 2.75) is 31.8 Å². The molecular formula is C15H16N2O4. The topological polar surface area (TPSA) is 86.7 Å². The van der Waals surface area contributed by atoms with Crippen LogP contribution in [0.25, 0.3) is 0 Å². The van der Waals surface area contributed by atoms with Crippen molar-refractivity contribution in [3.05, 3.63) is 34.9 Å². The first-order valence-corrected chi connectivity index (χ1v) is 6.98. The molecule has 1 aromatic carbocycles. The Morgan fingerprint density at radius 3 is 2.76 bits per heavy atom. The smallest absolute Gasteiger partial charge is 0.335 e. The van der Waals surface area contributed by atoms with Crippen molar-refractivity contribution in [2.75, 3.05) is 6.54 Å². The number of carboxylic acids is 1. The van der Waals surface area contributed by atoms with Gasteiger partial charge in [0.05, 0.1) is 5.56 Å². The molecule has 0 spiro atoms. The Morgan fingerprint density at radius 2 is 2.10 bits per heavy atom. The lowest BCUT2D eigenvalue weighted by molar-refractivity contribution is -0.135. The fraction of sp³-hybridized carbons (Fsp3) is 0.400. The lowest BCUT2D eigenvalue weighted by atomic mass is 9.94. The van der Waals surface area contributed by atoms with Gasteiger partial charge in [-0.3, -0.25) is 9.59 Å². The number of aromatic carboxylic acids is 1. The second-order valence-electron chi connectivity index (χ2n) is 5.42. The summed E-state index contributed by atoms with van der Waals surface area (Å²) in [5.74, 6) is -1.10. The van der Waals surface area contributed by atoms with Crippen LogP contribution in [0.3, 0.4) is 0 Å². The third-order valence-corrected chi connectivity index (χ3v) is 4.10. The summed E-state index contributed by atoms with van der Waals surface area (Å²) in [5, 5.41) is 11.9. The second kappa shape index (κ2) is 5.20. The van der Waals surface area contributed by atoms with E-state index in [4.69, 9.17) is 0 Å². The Labute approximate surface area is 121 Å². The lowest BCUT2D eigenvalue weighted by Gasteiger charge is -2.31. The van der Waals surface area contributed by atoms with E-state index in [1.807, 2.05) is 6.07 Å².